The summed E-state index contributed by atoms with van der Waals surface area (Å²) in [4.78, 5) is 11.5. The normalized spacial score (nSPS) is 23.6. The molecule has 0 saturated heterocycles. The number of ether oxygens (including phenoxy) is 1. The van der Waals surface area contributed by atoms with Crippen molar-refractivity contribution < 1.29 is 9.53 Å². The van der Waals surface area contributed by atoms with Gasteiger partial charge in [0, 0.05) is 0 Å². The number of carbonyl (C=O) groups excluding carboxylic acids is 1. The van der Waals surface area contributed by atoms with Crippen LogP contribution >= 0.6 is 0 Å². The highest BCUT2D eigenvalue weighted by Gasteiger charge is 2.18. The summed E-state index contributed by atoms with van der Waals surface area (Å²) < 4.78 is 5.99. The minimum atomic E-state index is -0.232. The second kappa shape index (κ2) is 7.57. The van der Waals surface area contributed by atoms with Gasteiger partial charge in [-0.25, -0.2) is 5.84 Å². The monoisotopic (exact) mass is 290 g/mol. The fraction of sp³-hybridized carbons (Fsp3) is 0.588. The van der Waals surface area contributed by atoms with Crippen molar-refractivity contribution >= 4 is 5.91 Å². The van der Waals surface area contributed by atoms with Crippen LogP contribution < -0.4 is 11.3 Å². The van der Waals surface area contributed by atoms with E-state index < -0.39 is 0 Å². The molecular weight excluding hydrogens is 264 g/mol. The van der Waals surface area contributed by atoms with Gasteiger partial charge in [-0.3, -0.25) is 10.2 Å². The van der Waals surface area contributed by atoms with Crippen molar-refractivity contribution in [2.75, 3.05) is 0 Å². The van der Waals surface area contributed by atoms with E-state index in [4.69, 9.17) is 10.6 Å². The van der Waals surface area contributed by atoms with E-state index in [2.05, 4.69) is 12.3 Å². The van der Waals surface area contributed by atoms with Crippen molar-refractivity contribution in [2.24, 2.45) is 11.8 Å². The van der Waals surface area contributed by atoms with Gasteiger partial charge >= 0.3 is 0 Å². The lowest BCUT2D eigenvalue weighted by atomic mass is 9.89. The van der Waals surface area contributed by atoms with E-state index in [9.17, 15) is 4.79 Å². The van der Waals surface area contributed by atoms with E-state index in [0.717, 1.165) is 17.0 Å². The Kier molecular flexibility index (Phi) is 5.76. The maximum Gasteiger partial charge on any atom is 0.241 e. The molecule has 21 heavy (non-hydrogen) atoms. The third-order valence-corrected chi connectivity index (χ3v) is 4.46. The van der Waals surface area contributed by atoms with E-state index >= 15 is 0 Å². The topological polar surface area (TPSA) is 64.3 Å². The highest BCUT2D eigenvalue weighted by atomic mass is 16.5. The lowest BCUT2D eigenvalue weighted by Crippen LogP contribution is -2.33. The predicted octanol–water partition coefficient (Wildman–Crippen LogP) is 2.88. The van der Waals surface area contributed by atoms with Gasteiger partial charge in [-0.05, 0) is 49.7 Å². The number of hydrogen-bond acceptors (Lipinski definition) is 3. The molecule has 3 N–H and O–H groups in total. The molecule has 1 fully saturated rings. The van der Waals surface area contributed by atoms with E-state index in [-0.39, 0.29) is 11.8 Å². The van der Waals surface area contributed by atoms with Crippen molar-refractivity contribution in [1.29, 1.82) is 0 Å². The highest BCUT2D eigenvalue weighted by Crippen LogP contribution is 2.26. The van der Waals surface area contributed by atoms with Crippen molar-refractivity contribution in [3.63, 3.8) is 0 Å². The molecule has 4 heteroatoms. The summed E-state index contributed by atoms with van der Waals surface area (Å²) in [6.45, 7) is 4.81. The van der Waals surface area contributed by atoms with Gasteiger partial charge in [0.1, 0.15) is 0 Å². The summed E-state index contributed by atoms with van der Waals surface area (Å²) in [7, 11) is 0. The molecule has 2 rings (SSSR count). The Labute approximate surface area is 127 Å². The fourth-order valence-corrected chi connectivity index (χ4v) is 2.79. The number of nitrogens with two attached hydrogens (primary N) is 1. The molecule has 1 aromatic carbocycles. The molecule has 0 radical (unpaired) electrons. The van der Waals surface area contributed by atoms with Crippen LogP contribution in [0.25, 0.3) is 0 Å². The molecule has 0 aromatic heterocycles. The number of amides is 1. The maximum atomic E-state index is 11.5. The first kappa shape index (κ1) is 16.0. The lowest BCUT2D eigenvalue weighted by molar-refractivity contribution is -0.122. The van der Waals surface area contributed by atoms with Crippen LogP contribution in [0.5, 0.6) is 0 Å². The van der Waals surface area contributed by atoms with E-state index in [1.54, 1.807) is 0 Å². The largest absolute Gasteiger partial charge is 0.374 e. The van der Waals surface area contributed by atoms with Crippen LogP contribution in [0.2, 0.25) is 0 Å². The minimum absolute atomic E-state index is 0.171. The van der Waals surface area contributed by atoms with Gasteiger partial charge in [0.05, 0.1) is 18.6 Å². The van der Waals surface area contributed by atoms with Gasteiger partial charge in [0.15, 0.2) is 0 Å². The van der Waals surface area contributed by atoms with Crippen molar-refractivity contribution in [2.45, 2.75) is 58.2 Å². The molecule has 116 valence electrons. The van der Waals surface area contributed by atoms with Crippen LogP contribution in [0, 0.1) is 5.92 Å². The summed E-state index contributed by atoms with van der Waals surface area (Å²) in [6, 6.07) is 8.01. The second-order valence-corrected chi connectivity index (χ2v) is 6.16. The van der Waals surface area contributed by atoms with E-state index in [0.29, 0.717) is 12.7 Å². The molecule has 0 spiro atoms. The Morgan fingerprint density at radius 3 is 2.48 bits per heavy atom. The summed E-state index contributed by atoms with van der Waals surface area (Å²) >= 11 is 0. The SMILES string of the molecule is CC1CCC(OCc2ccc(C(C)C(=O)NN)cc2)CC1. The van der Waals surface area contributed by atoms with Gasteiger partial charge in [-0.15, -0.1) is 0 Å². The molecule has 1 atom stereocenters. The Balaban J connectivity index is 1.83. The van der Waals surface area contributed by atoms with Crippen LogP contribution in [0.3, 0.4) is 0 Å². The molecule has 1 amide bonds. The number of carbonyl (C=O) groups is 1. The van der Waals surface area contributed by atoms with Crippen LogP contribution in [-0.2, 0) is 16.1 Å². The van der Waals surface area contributed by atoms with Gasteiger partial charge < -0.3 is 4.74 Å². The third-order valence-electron chi connectivity index (χ3n) is 4.46. The van der Waals surface area contributed by atoms with Gasteiger partial charge in [0.25, 0.3) is 0 Å². The Bertz CT molecular complexity index is 450. The second-order valence-electron chi connectivity index (χ2n) is 6.16. The first-order valence-corrected chi connectivity index (χ1v) is 7.81. The average Bonchev–Trinajstić information content (AvgIpc) is 2.53. The molecule has 1 aliphatic carbocycles. The fourth-order valence-electron chi connectivity index (χ4n) is 2.79. The van der Waals surface area contributed by atoms with Crippen LogP contribution in [0.4, 0.5) is 0 Å². The summed E-state index contributed by atoms with van der Waals surface area (Å²) in [5, 5.41) is 0. The number of hydrazine groups is 1. The van der Waals surface area contributed by atoms with Crippen molar-refractivity contribution in [1.82, 2.24) is 5.43 Å². The smallest absolute Gasteiger partial charge is 0.241 e. The average molecular weight is 290 g/mol. The molecule has 0 aliphatic heterocycles. The van der Waals surface area contributed by atoms with E-state index in [1.165, 1.54) is 25.7 Å². The molecule has 4 nitrogen and oxygen atoms in total. The molecule has 1 aromatic rings. The van der Waals surface area contributed by atoms with Crippen LogP contribution in [0.15, 0.2) is 24.3 Å². The van der Waals surface area contributed by atoms with Crippen LogP contribution in [0.1, 0.15) is 56.6 Å². The summed E-state index contributed by atoms with van der Waals surface area (Å²) in [6.07, 6.45) is 5.30. The zero-order valence-corrected chi connectivity index (χ0v) is 13.0. The number of rotatable bonds is 5. The first-order chi connectivity index (χ1) is 10.1. The molecule has 0 bridgehead atoms. The highest BCUT2D eigenvalue weighted by molar-refractivity contribution is 5.82. The Morgan fingerprint density at radius 1 is 1.29 bits per heavy atom. The number of hydrogen-bond donors (Lipinski definition) is 2. The van der Waals surface area contributed by atoms with Crippen LogP contribution in [-0.4, -0.2) is 12.0 Å². The van der Waals surface area contributed by atoms with E-state index in [1.807, 2.05) is 31.2 Å². The zero-order chi connectivity index (χ0) is 15.2. The molecule has 0 heterocycles. The van der Waals surface area contributed by atoms with Crippen molar-refractivity contribution in [3.05, 3.63) is 35.4 Å². The third kappa shape index (κ3) is 4.55. The Hall–Kier alpha value is -1.39. The number of benzene rings is 1. The van der Waals surface area contributed by atoms with Crippen molar-refractivity contribution in [3.8, 4) is 0 Å². The first-order valence-electron chi connectivity index (χ1n) is 7.81. The zero-order valence-electron chi connectivity index (χ0n) is 13.0. The quantitative estimate of drug-likeness (QED) is 0.498. The molecule has 1 saturated carbocycles. The Morgan fingerprint density at radius 2 is 1.90 bits per heavy atom. The summed E-state index contributed by atoms with van der Waals surface area (Å²) in [5.74, 6) is 5.60. The standard InChI is InChI=1S/C17H26N2O2/c1-12-3-9-16(10-4-12)21-11-14-5-7-15(8-6-14)13(2)17(20)19-18/h5-8,12-13,16H,3-4,9-11,18H2,1-2H3,(H,19,20). The molecular formula is C17H26N2O2. The minimum Gasteiger partial charge on any atom is -0.374 e. The predicted molar refractivity (Wildman–Crippen MR) is 83.4 cm³/mol. The van der Waals surface area contributed by atoms with Gasteiger partial charge in [-0.2, -0.15) is 0 Å². The maximum absolute atomic E-state index is 11.5. The van der Waals surface area contributed by atoms with Gasteiger partial charge in [-0.1, -0.05) is 31.2 Å². The lowest BCUT2D eigenvalue weighted by Gasteiger charge is -2.26. The van der Waals surface area contributed by atoms with Gasteiger partial charge in [0.2, 0.25) is 5.91 Å². The summed E-state index contributed by atoms with van der Waals surface area (Å²) in [5.41, 5.74) is 4.30. The molecule has 1 aliphatic rings. The number of nitrogens with one attached hydrogen (secondary N) is 1. The molecule has 1 unspecified atom stereocenters.